The fourth-order valence-corrected chi connectivity index (χ4v) is 3.17. The third kappa shape index (κ3) is 3.32. The average Bonchev–Trinajstić information content (AvgIpc) is 2.99. The van der Waals surface area contributed by atoms with Gasteiger partial charge in [0.15, 0.2) is 0 Å². The van der Waals surface area contributed by atoms with E-state index in [-0.39, 0.29) is 0 Å². The van der Waals surface area contributed by atoms with Gasteiger partial charge in [0.1, 0.15) is 5.75 Å². The van der Waals surface area contributed by atoms with Crippen molar-refractivity contribution in [1.82, 2.24) is 5.32 Å². The Morgan fingerprint density at radius 2 is 2.16 bits per heavy atom. The van der Waals surface area contributed by atoms with Crippen LogP contribution in [0.3, 0.4) is 0 Å². The van der Waals surface area contributed by atoms with Crippen molar-refractivity contribution in [2.45, 2.75) is 39.7 Å². The summed E-state index contributed by atoms with van der Waals surface area (Å²) in [5.74, 6) is 1.68. The van der Waals surface area contributed by atoms with Crippen molar-refractivity contribution in [3.8, 4) is 5.75 Å². The van der Waals surface area contributed by atoms with Crippen LogP contribution < -0.4 is 10.1 Å². The van der Waals surface area contributed by atoms with Gasteiger partial charge >= 0.3 is 0 Å². The fourth-order valence-electron chi connectivity index (χ4n) is 2.79. The van der Waals surface area contributed by atoms with E-state index in [0.29, 0.717) is 17.4 Å². The Morgan fingerprint density at radius 1 is 1.47 bits per heavy atom. The lowest BCUT2D eigenvalue weighted by atomic mass is 9.96. The molecule has 0 heterocycles. The molecule has 0 bridgehead atoms. The average molecular weight is 326 g/mol. The molecule has 0 aliphatic heterocycles. The van der Waals surface area contributed by atoms with Crippen molar-refractivity contribution < 1.29 is 4.74 Å². The molecular formula is C16H24BrNO. The maximum atomic E-state index is 5.55. The lowest BCUT2D eigenvalue weighted by Gasteiger charge is -2.23. The molecule has 19 heavy (non-hydrogen) atoms. The van der Waals surface area contributed by atoms with E-state index in [0.717, 1.165) is 23.2 Å². The Morgan fingerprint density at radius 3 is 2.68 bits per heavy atom. The van der Waals surface area contributed by atoms with Crippen LogP contribution in [0.2, 0.25) is 0 Å². The first-order chi connectivity index (χ1) is 8.99. The monoisotopic (exact) mass is 325 g/mol. The van der Waals surface area contributed by atoms with Crippen LogP contribution in [-0.4, -0.2) is 13.7 Å². The smallest absolute Gasteiger partial charge is 0.123 e. The van der Waals surface area contributed by atoms with Crippen molar-refractivity contribution in [3.05, 3.63) is 28.2 Å². The molecule has 3 heteroatoms. The Labute approximate surface area is 125 Å². The minimum atomic E-state index is 0.391. The highest BCUT2D eigenvalue weighted by molar-refractivity contribution is 9.10. The lowest BCUT2D eigenvalue weighted by molar-refractivity contribution is 0.374. The van der Waals surface area contributed by atoms with Gasteiger partial charge in [-0.15, -0.1) is 0 Å². The normalized spacial score (nSPS) is 22.1. The largest absolute Gasteiger partial charge is 0.496 e. The maximum absolute atomic E-state index is 5.55. The van der Waals surface area contributed by atoms with Gasteiger partial charge in [-0.1, -0.05) is 36.7 Å². The summed E-state index contributed by atoms with van der Waals surface area (Å²) in [5, 5.41) is 3.70. The number of ether oxygens (including phenoxy) is 1. The topological polar surface area (TPSA) is 21.3 Å². The van der Waals surface area contributed by atoms with E-state index < -0.39 is 0 Å². The molecule has 1 aromatic rings. The zero-order valence-corrected chi connectivity index (χ0v) is 13.9. The van der Waals surface area contributed by atoms with Gasteiger partial charge in [0.25, 0.3) is 0 Å². The minimum absolute atomic E-state index is 0.391. The summed E-state index contributed by atoms with van der Waals surface area (Å²) >= 11 is 3.58. The molecule has 0 aromatic heterocycles. The summed E-state index contributed by atoms with van der Waals surface area (Å²) in [6.07, 6.45) is 2.43. The molecule has 1 fully saturated rings. The van der Waals surface area contributed by atoms with Gasteiger partial charge < -0.3 is 10.1 Å². The summed E-state index contributed by atoms with van der Waals surface area (Å²) in [6.45, 7) is 7.96. The van der Waals surface area contributed by atoms with E-state index in [1.807, 2.05) is 6.07 Å². The molecule has 1 saturated carbocycles. The van der Waals surface area contributed by atoms with E-state index in [1.165, 1.54) is 12.0 Å². The Kier molecular flexibility index (Phi) is 4.57. The third-order valence-electron chi connectivity index (χ3n) is 4.13. The molecule has 2 nitrogen and oxygen atoms in total. The first-order valence-electron chi connectivity index (χ1n) is 7.06. The van der Waals surface area contributed by atoms with E-state index in [9.17, 15) is 0 Å². The van der Waals surface area contributed by atoms with Gasteiger partial charge in [0, 0.05) is 16.1 Å². The van der Waals surface area contributed by atoms with Gasteiger partial charge in [-0.05, 0) is 48.9 Å². The van der Waals surface area contributed by atoms with E-state index in [4.69, 9.17) is 4.74 Å². The van der Waals surface area contributed by atoms with Crippen LogP contribution in [-0.2, 0) is 0 Å². The summed E-state index contributed by atoms with van der Waals surface area (Å²) in [6, 6.07) is 6.68. The summed E-state index contributed by atoms with van der Waals surface area (Å²) < 4.78 is 6.66. The number of halogens is 1. The molecule has 2 rings (SSSR count). The highest BCUT2D eigenvalue weighted by Gasteiger charge is 2.50. The molecule has 0 radical (unpaired) electrons. The molecular weight excluding hydrogens is 302 g/mol. The zero-order chi connectivity index (χ0) is 14.0. The van der Waals surface area contributed by atoms with Crippen LogP contribution in [0.1, 0.15) is 45.2 Å². The number of nitrogens with one attached hydrogen (secondary N) is 1. The van der Waals surface area contributed by atoms with Crippen LogP contribution >= 0.6 is 15.9 Å². The molecule has 1 N–H and O–H groups in total. The van der Waals surface area contributed by atoms with Crippen molar-refractivity contribution in [2.24, 2.45) is 11.3 Å². The van der Waals surface area contributed by atoms with Crippen LogP contribution in [0.15, 0.2) is 22.7 Å². The number of hydrogen-bond acceptors (Lipinski definition) is 2. The SMILES string of the molecule is CCCNC(c1cc(Br)ccc1OC)C1CC1(C)C. The van der Waals surface area contributed by atoms with Crippen LogP contribution in [0, 0.1) is 11.3 Å². The first-order valence-corrected chi connectivity index (χ1v) is 7.85. The second-order valence-electron chi connectivity index (χ2n) is 6.12. The highest BCUT2D eigenvalue weighted by atomic mass is 79.9. The number of methoxy groups -OCH3 is 1. The quantitative estimate of drug-likeness (QED) is 0.828. The molecule has 2 atom stereocenters. The molecule has 106 valence electrons. The second-order valence-corrected chi connectivity index (χ2v) is 7.03. The third-order valence-corrected chi connectivity index (χ3v) is 4.63. The number of rotatable bonds is 6. The molecule has 1 aromatic carbocycles. The highest BCUT2D eigenvalue weighted by Crippen LogP contribution is 2.58. The Bertz CT molecular complexity index is 444. The lowest BCUT2D eigenvalue weighted by Crippen LogP contribution is -2.26. The summed E-state index contributed by atoms with van der Waals surface area (Å²) in [7, 11) is 1.75. The molecule has 1 aliphatic rings. The Hall–Kier alpha value is -0.540. The second kappa shape index (κ2) is 5.84. The zero-order valence-electron chi connectivity index (χ0n) is 12.3. The van der Waals surface area contributed by atoms with Gasteiger partial charge in [0.2, 0.25) is 0 Å². The van der Waals surface area contributed by atoms with Crippen molar-refractivity contribution in [3.63, 3.8) is 0 Å². The summed E-state index contributed by atoms with van der Waals surface area (Å²) in [5.41, 5.74) is 1.72. The fraction of sp³-hybridized carbons (Fsp3) is 0.625. The molecule has 1 aliphatic carbocycles. The predicted octanol–water partition coefficient (Wildman–Crippen LogP) is 4.54. The molecule has 0 amide bonds. The van der Waals surface area contributed by atoms with Gasteiger partial charge in [-0.3, -0.25) is 0 Å². The van der Waals surface area contributed by atoms with Gasteiger partial charge in [-0.25, -0.2) is 0 Å². The van der Waals surface area contributed by atoms with Crippen molar-refractivity contribution in [1.29, 1.82) is 0 Å². The van der Waals surface area contributed by atoms with E-state index >= 15 is 0 Å². The van der Waals surface area contributed by atoms with Crippen LogP contribution in [0.25, 0.3) is 0 Å². The van der Waals surface area contributed by atoms with Crippen LogP contribution in [0.4, 0.5) is 0 Å². The van der Waals surface area contributed by atoms with Crippen LogP contribution in [0.5, 0.6) is 5.75 Å². The maximum Gasteiger partial charge on any atom is 0.123 e. The molecule has 0 saturated heterocycles. The van der Waals surface area contributed by atoms with E-state index in [2.05, 4.69) is 54.2 Å². The number of benzene rings is 1. The summed E-state index contributed by atoms with van der Waals surface area (Å²) in [4.78, 5) is 0. The Balaban J connectivity index is 2.29. The first kappa shape index (κ1) is 14.9. The van der Waals surface area contributed by atoms with Crippen molar-refractivity contribution >= 4 is 15.9 Å². The van der Waals surface area contributed by atoms with Gasteiger partial charge in [-0.2, -0.15) is 0 Å². The predicted molar refractivity (Wildman–Crippen MR) is 83.6 cm³/mol. The van der Waals surface area contributed by atoms with Gasteiger partial charge in [0.05, 0.1) is 7.11 Å². The van der Waals surface area contributed by atoms with E-state index in [1.54, 1.807) is 7.11 Å². The standard InChI is InChI=1S/C16H24BrNO/c1-5-8-18-15(13-10-16(13,2)3)12-9-11(17)6-7-14(12)19-4/h6-7,9,13,15,18H,5,8,10H2,1-4H3. The van der Waals surface area contributed by atoms with Crippen molar-refractivity contribution in [2.75, 3.05) is 13.7 Å². The minimum Gasteiger partial charge on any atom is -0.496 e. The molecule has 2 unspecified atom stereocenters. The molecule has 0 spiro atoms. The number of hydrogen-bond donors (Lipinski definition) is 1.